The summed E-state index contributed by atoms with van der Waals surface area (Å²) in [6.07, 6.45) is 3.78. The highest BCUT2D eigenvalue weighted by Gasteiger charge is 2.39. The van der Waals surface area contributed by atoms with Crippen LogP contribution in [0.4, 0.5) is 0 Å². The Morgan fingerprint density at radius 1 is 1.43 bits per heavy atom. The molecule has 1 aliphatic rings. The second-order valence-electron chi connectivity index (χ2n) is 3.28. The first-order valence-electron chi connectivity index (χ1n) is 4.22. The van der Waals surface area contributed by atoms with Crippen LogP contribution in [0.25, 0.3) is 6.08 Å². The fourth-order valence-corrected chi connectivity index (χ4v) is 1.96. The number of alkyl halides is 1. The zero-order valence-corrected chi connectivity index (χ0v) is 8.90. The maximum absolute atomic E-state index is 10.8. The molecule has 0 radical (unpaired) electrons. The van der Waals surface area contributed by atoms with Gasteiger partial charge in [-0.2, -0.15) is 0 Å². The molecule has 0 amide bonds. The molecule has 0 heterocycles. The highest BCUT2D eigenvalue weighted by Crippen LogP contribution is 2.32. The first-order valence-corrected chi connectivity index (χ1v) is 5.02. The van der Waals surface area contributed by atoms with Crippen molar-refractivity contribution in [1.29, 1.82) is 0 Å². The largest absolute Gasteiger partial charge is 0.297 e. The van der Waals surface area contributed by atoms with Gasteiger partial charge in [0.05, 0.1) is 6.42 Å². The van der Waals surface area contributed by atoms with Gasteiger partial charge in [-0.05, 0) is 11.1 Å². The molecule has 4 heteroatoms. The molecule has 1 unspecified atom stereocenters. The van der Waals surface area contributed by atoms with Gasteiger partial charge in [-0.1, -0.05) is 30.3 Å². The monoisotopic (exact) mass is 253 g/mol. The van der Waals surface area contributed by atoms with E-state index in [0.29, 0.717) is 6.42 Å². The molecule has 1 aliphatic carbocycles. The molecule has 0 saturated carbocycles. The van der Waals surface area contributed by atoms with E-state index < -0.39 is 4.45 Å². The number of nitrogens with zero attached hydrogens (tertiary/aromatic N) is 1. The molecular formula is C10H8BrNO2. The zero-order chi connectivity index (χ0) is 10.2. The van der Waals surface area contributed by atoms with Crippen molar-refractivity contribution in [2.75, 3.05) is 0 Å². The molecule has 14 heavy (non-hydrogen) atoms. The molecule has 2 rings (SSSR count). The minimum atomic E-state index is -1.12. The quantitative estimate of drug-likeness (QED) is 0.334. The number of rotatable bonds is 1. The highest BCUT2D eigenvalue weighted by molar-refractivity contribution is 9.10. The summed E-state index contributed by atoms with van der Waals surface area (Å²) in [5.74, 6) is 0. The lowest BCUT2D eigenvalue weighted by Crippen LogP contribution is -2.33. The van der Waals surface area contributed by atoms with Crippen molar-refractivity contribution in [1.82, 2.24) is 0 Å². The maximum Gasteiger partial charge on any atom is 0.297 e. The van der Waals surface area contributed by atoms with Crippen LogP contribution < -0.4 is 0 Å². The topological polar surface area (TPSA) is 43.1 Å². The van der Waals surface area contributed by atoms with Crippen LogP contribution in [0.5, 0.6) is 0 Å². The van der Waals surface area contributed by atoms with E-state index in [-0.39, 0.29) is 4.92 Å². The fraction of sp³-hybridized carbons (Fsp3) is 0.200. The van der Waals surface area contributed by atoms with Crippen molar-refractivity contribution in [3.05, 3.63) is 51.6 Å². The lowest BCUT2D eigenvalue weighted by atomic mass is 9.94. The normalized spacial score (nSPS) is 24.4. The van der Waals surface area contributed by atoms with Crippen LogP contribution in [0.3, 0.4) is 0 Å². The number of hydrogen-bond donors (Lipinski definition) is 0. The third-order valence-electron chi connectivity index (χ3n) is 2.32. The third kappa shape index (κ3) is 1.46. The number of nitro groups is 1. The SMILES string of the molecule is O=[N+]([O-])C1(Br)C=Cc2ccccc2C1. The third-order valence-corrected chi connectivity index (χ3v) is 3.15. The Hall–Kier alpha value is -1.16. The summed E-state index contributed by atoms with van der Waals surface area (Å²) in [4.78, 5) is 10.5. The van der Waals surface area contributed by atoms with Gasteiger partial charge in [0.25, 0.3) is 4.45 Å². The molecule has 0 fully saturated rings. The van der Waals surface area contributed by atoms with Crippen molar-refractivity contribution in [2.24, 2.45) is 0 Å². The van der Waals surface area contributed by atoms with Crippen molar-refractivity contribution >= 4 is 22.0 Å². The summed E-state index contributed by atoms with van der Waals surface area (Å²) in [7, 11) is 0. The van der Waals surface area contributed by atoms with Crippen LogP contribution >= 0.6 is 15.9 Å². The van der Waals surface area contributed by atoms with Crippen LogP contribution in [0.1, 0.15) is 11.1 Å². The molecule has 0 N–H and O–H groups in total. The van der Waals surface area contributed by atoms with Gasteiger partial charge in [0.1, 0.15) is 0 Å². The van der Waals surface area contributed by atoms with Gasteiger partial charge in [0, 0.05) is 26.9 Å². The Morgan fingerprint density at radius 3 is 2.86 bits per heavy atom. The van der Waals surface area contributed by atoms with E-state index in [9.17, 15) is 10.1 Å². The van der Waals surface area contributed by atoms with Crippen molar-refractivity contribution < 1.29 is 4.92 Å². The number of halogens is 1. The molecule has 72 valence electrons. The van der Waals surface area contributed by atoms with Gasteiger partial charge < -0.3 is 0 Å². The van der Waals surface area contributed by atoms with Crippen LogP contribution in [0, 0.1) is 10.1 Å². The van der Waals surface area contributed by atoms with Crippen LogP contribution in [0.15, 0.2) is 30.3 Å². The summed E-state index contributed by atoms with van der Waals surface area (Å²) in [6.45, 7) is 0. The Labute approximate surface area is 89.7 Å². The lowest BCUT2D eigenvalue weighted by Gasteiger charge is -2.20. The molecule has 3 nitrogen and oxygen atoms in total. The van der Waals surface area contributed by atoms with Crippen molar-refractivity contribution in [2.45, 2.75) is 10.9 Å². The minimum absolute atomic E-state index is 0.306. The standard InChI is InChI=1S/C10H8BrNO2/c11-10(12(13)14)6-5-8-3-1-2-4-9(8)7-10/h1-6H,7H2. The summed E-state index contributed by atoms with van der Waals surface area (Å²) >= 11 is 3.14. The van der Waals surface area contributed by atoms with Gasteiger partial charge in [-0.15, -0.1) is 0 Å². The van der Waals surface area contributed by atoms with E-state index in [0.717, 1.165) is 11.1 Å². The Kier molecular flexibility index (Phi) is 2.15. The van der Waals surface area contributed by atoms with Crippen LogP contribution in [-0.4, -0.2) is 9.37 Å². The van der Waals surface area contributed by atoms with E-state index in [4.69, 9.17) is 0 Å². The fourth-order valence-electron chi connectivity index (χ4n) is 1.53. The van der Waals surface area contributed by atoms with Gasteiger partial charge in [0.2, 0.25) is 0 Å². The average Bonchev–Trinajstić information content (AvgIpc) is 2.17. The second-order valence-corrected chi connectivity index (χ2v) is 4.66. The predicted molar refractivity (Wildman–Crippen MR) is 57.8 cm³/mol. The summed E-state index contributed by atoms with van der Waals surface area (Å²) in [6, 6.07) is 7.69. The number of fused-ring (bicyclic) bond motifs is 1. The smallest absolute Gasteiger partial charge is 0.263 e. The Bertz CT molecular complexity index is 416. The molecular weight excluding hydrogens is 246 g/mol. The summed E-state index contributed by atoms with van der Waals surface area (Å²) < 4.78 is -1.12. The predicted octanol–water partition coefficient (Wildman–Crippen LogP) is 2.62. The minimum Gasteiger partial charge on any atom is -0.263 e. The van der Waals surface area contributed by atoms with E-state index in [1.54, 1.807) is 12.2 Å². The Morgan fingerprint density at radius 2 is 2.14 bits per heavy atom. The molecule has 1 atom stereocenters. The van der Waals surface area contributed by atoms with Gasteiger partial charge in [-0.3, -0.25) is 10.1 Å². The lowest BCUT2D eigenvalue weighted by molar-refractivity contribution is -0.521. The summed E-state index contributed by atoms with van der Waals surface area (Å²) in [5.41, 5.74) is 2.06. The molecule has 0 bridgehead atoms. The van der Waals surface area contributed by atoms with E-state index in [1.165, 1.54) is 0 Å². The number of benzene rings is 1. The van der Waals surface area contributed by atoms with Crippen LogP contribution in [0.2, 0.25) is 0 Å². The highest BCUT2D eigenvalue weighted by atomic mass is 79.9. The first-order chi connectivity index (χ1) is 6.62. The van der Waals surface area contributed by atoms with E-state index in [2.05, 4.69) is 15.9 Å². The molecule has 1 aromatic carbocycles. The Balaban J connectivity index is 2.43. The maximum atomic E-state index is 10.8. The molecule has 0 aliphatic heterocycles. The van der Waals surface area contributed by atoms with E-state index >= 15 is 0 Å². The second kappa shape index (κ2) is 3.20. The first kappa shape index (κ1) is 9.40. The van der Waals surface area contributed by atoms with E-state index in [1.807, 2.05) is 24.3 Å². The molecule has 1 aromatic rings. The van der Waals surface area contributed by atoms with Gasteiger partial charge in [0.15, 0.2) is 0 Å². The molecule has 0 saturated heterocycles. The zero-order valence-electron chi connectivity index (χ0n) is 7.31. The molecule has 0 aromatic heterocycles. The molecule has 0 spiro atoms. The van der Waals surface area contributed by atoms with Crippen molar-refractivity contribution in [3.8, 4) is 0 Å². The van der Waals surface area contributed by atoms with Crippen molar-refractivity contribution in [3.63, 3.8) is 0 Å². The average molecular weight is 254 g/mol. The van der Waals surface area contributed by atoms with Gasteiger partial charge in [-0.25, -0.2) is 0 Å². The number of hydrogen-bond acceptors (Lipinski definition) is 2. The summed E-state index contributed by atoms with van der Waals surface area (Å²) in [5, 5.41) is 10.8. The van der Waals surface area contributed by atoms with Crippen LogP contribution in [-0.2, 0) is 6.42 Å². The van der Waals surface area contributed by atoms with Gasteiger partial charge >= 0.3 is 0 Å².